The summed E-state index contributed by atoms with van der Waals surface area (Å²) < 4.78 is 38.3. The molecule has 0 spiro atoms. The Balaban J connectivity index is 1.54. The molecule has 3 aromatic rings. The van der Waals surface area contributed by atoms with Crippen LogP contribution < -0.4 is 0 Å². The third kappa shape index (κ3) is 3.81. The predicted molar refractivity (Wildman–Crippen MR) is 102 cm³/mol. The second-order valence-corrected chi connectivity index (χ2v) is 6.86. The van der Waals surface area contributed by atoms with E-state index in [-0.39, 0.29) is 24.2 Å². The van der Waals surface area contributed by atoms with Gasteiger partial charge in [-0.15, -0.1) is 0 Å². The number of carbonyl (C=O) groups is 3. The lowest BCUT2D eigenvalue weighted by Crippen LogP contribution is -2.32. The fraction of sp³-hybridized carbons (Fsp3) is 0.136. The average molecular weight is 425 g/mol. The summed E-state index contributed by atoms with van der Waals surface area (Å²) >= 11 is 0. The highest BCUT2D eigenvalue weighted by atomic mass is 19.4. The van der Waals surface area contributed by atoms with E-state index in [1.165, 1.54) is 6.20 Å². The topological polar surface area (TPSA) is 80.2 Å². The number of aromatic nitrogens is 2. The van der Waals surface area contributed by atoms with Crippen molar-refractivity contribution in [2.45, 2.75) is 12.6 Å². The Morgan fingerprint density at radius 2 is 1.55 bits per heavy atom. The normalized spacial score (nSPS) is 13.5. The standard InChI is InChI=1S/C22H14F3N3O3/c23-22(24,25)15-7-5-13(6-8-15)19(29)18-14(11-26-12-27-18)9-10-28-20(30)16-3-1-2-4-17(16)21(28)31/h1-8,11-12H,9-10H2. The summed E-state index contributed by atoms with van der Waals surface area (Å²) in [5.41, 5.74) is 0.192. The SMILES string of the molecule is O=C(c1ccc(C(F)(F)F)cc1)c1ncncc1CCN1C(=O)c2ccccc2C1=O. The minimum atomic E-state index is -4.51. The number of imide groups is 1. The van der Waals surface area contributed by atoms with Crippen LogP contribution in [0.5, 0.6) is 0 Å². The fourth-order valence-electron chi connectivity index (χ4n) is 3.37. The first-order chi connectivity index (χ1) is 14.8. The van der Waals surface area contributed by atoms with E-state index in [0.717, 1.165) is 35.5 Å². The molecule has 4 rings (SSSR count). The van der Waals surface area contributed by atoms with E-state index in [4.69, 9.17) is 0 Å². The second-order valence-electron chi connectivity index (χ2n) is 6.86. The second kappa shape index (κ2) is 7.75. The van der Waals surface area contributed by atoms with E-state index in [9.17, 15) is 27.6 Å². The maximum Gasteiger partial charge on any atom is 0.416 e. The molecule has 0 bridgehead atoms. The first-order valence-electron chi connectivity index (χ1n) is 9.23. The minimum absolute atomic E-state index is 0.00590. The number of benzene rings is 2. The van der Waals surface area contributed by atoms with Gasteiger partial charge in [0, 0.05) is 23.9 Å². The van der Waals surface area contributed by atoms with Crippen molar-refractivity contribution in [2.75, 3.05) is 6.54 Å². The zero-order valence-electron chi connectivity index (χ0n) is 15.9. The molecule has 1 aliphatic rings. The van der Waals surface area contributed by atoms with Gasteiger partial charge >= 0.3 is 6.18 Å². The lowest BCUT2D eigenvalue weighted by molar-refractivity contribution is -0.137. The van der Waals surface area contributed by atoms with Crippen molar-refractivity contribution in [3.05, 3.63) is 94.6 Å². The van der Waals surface area contributed by atoms with Gasteiger partial charge in [0.05, 0.1) is 16.7 Å². The van der Waals surface area contributed by atoms with E-state index in [2.05, 4.69) is 9.97 Å². The molecular formula is C22H14F3N3O3. The number of nitrogens with zero attached hydrogens (tertiary/aromatic N) is 3. The molecule has 2 aromatic carbocycles. The first kappa shape index (κ1) is 20.4. The minimum Gasteiger partial charge on any atom is -0.287 e. The van der Waals surface area contributed by atoms with Crippen molar-refractivity contribution in [1.29, 1.82) is 0 Å². The molecule has 0 fully saturated rings. The van der Waals surface area contributed by atoms with Crippen molar-refractivity contribution in [2.24, 2.45) is 0 Å². The molecule has 0 saturated heterocycles. The number of alkyl halides is 3. The van der Waals surface area contributed by atoms with Gasteiger partial charge in [-0.25, -0.2) is 9.97 Å². The lowest BCUT2D eigenvalue weighted by Gasteiger charge is -2.14. The summed E-state index contributed by atoms with van der Waals surface area (Å²) in [7, 11) is 0. The maximum atomic E-state index is 12.8. The van der Waals surface area contributed by atoms with Crippen LogP contribution in [0.4, 0.5) is 13.2 Å². The van der Waals surface area contributed by atoms with Crippen LogP contribution in [0, 0.1) is 0 Å². The number of fused-ring (bicyclic) bond motifs is 1. The van der Waals surface area contributed by atoms with Crippen LogP contribution in [-0.2, 0) is 12.6 Å². The summed E-state index contributed by atoms with van der Waals surface area (Å²) in [5.74, 6) is -1.42. The molecule has 0 N–H and O–H groups in total. The molecule has 0 atom stereocenters. The molecule has 1 aliphatic heterocycles. The number of rotatable bonds is 5. The van der Waals surface area contributed by atoms with Crippen LogP contribution in [0.15, 0.2) is 61.1 Å². The maximum absolute atomic E-state index is 12.8. The molecule has 0 aliphatic carbocycles. The van der Waals surface area contributed by atoms with Gasteiger partial charge in [-0.1, -0.05) is 24.3 Å². The smallest absolute Gasteiger partial charge is 0.287 e. The monoisotopic (exact) mass is 425 g/mol. The van der Waals surface area contributed by atoms with Crippen LogP contribution in [0.25, 0.3) is 0 Å². The Kier molecular flexibility index (Phi) is 5.10. The molecule has 0 unspecified atom stereocenters. The number of hydrogen-bond donors (Lipinski definition) is 0. The zero-order valence-corrected chi connectivity index (χ0v) is 15.9. The third-order valence-electron chi connectivity index (χ3n) is 4.96. The zero-order chi connectivity index (χ0) is 22.2. The van der Waals surface area contributed by atoms with Gasteiger partial charge in [0.25, 0.3) is 11.8 Å². The van der Waals surface area contributed by atoms with Gasteiger partial charge in [-0.05, 0) is 30.7 Å². The Bertz CT molecular complexity index is 1160. The Labute approximate surface area is 174 Å². The van der Waals surface area contributed by atoms with Crippen LogP contribution in [0.2, 0.25) is 0 Å². The number of ketones is 1. The quantitative estimate of drug-likeness (QED) is 0.461. The predicted octanol–water partition coefficient (Wildman–Crippen LogP) is 3.57. The summed E-state index contributed by atoms with van der Waals surface area (Å²) in [4.78, 5) is 46.8. The number of hydrogen-bond acceptors (Lipinski definition) is 5. The Morgan fingerprint density at radius 3 is 2.13 bits per heavy atom. The summed E-state index contributed by atoms with van der Waals surface area (Å²) in [6.45, 7) is 0.00696. The van der Waals surface area contributed by atoms with Crippen molar-refractivity contribution < 1.29 is 27.6 Å². The van der Waals surface area contributed by atoms with Gasteiger partial charge in [0.2, 0.25) is 5.78 Å². The molecule has 1 aromatic heterocycles. The number of halogens is 3. The summed E-state index contributed by atoms with van der Waals surface area (Å²) in [6.07, 6.45) is -1.84. The molecular weight excluding hydrogens is 411 g/mol. The first-order valence-corrected chi connectivity index (χ1v) is 9.23. The van der Waals surface area contributed by atoms with Gasteiger partial charge < -0.3 is 0 Å². The van der Waals surface area contributed by atoms with Gasteiger partial charge in [0.15, 0.2) is 0 Å². The van der Waals surface area contributed by atoms with Crippen LogP contribution >= 0.6 is 0 Å². The molecule has 2 amide bonds. The van der Waals surface area contributed by atoms with E-state index in [0.29, 0.717) is 16.7 Å². The fourth-order valence-corrected chi connectivity index (χ4v) is 3.37. The van der Waals surface area contributed by atoms with E-state index < -0.39 is 29.3 Å². The highest BCUT2D eigenvalue weighted by Gasteiger charge is 2.35. The molecule has 31 heavy (non-hydrogen) atoms. The third-order valence-corrected chi connectivity index (χ3v) is 4.96. The Hall–Kier alpha value is -3.88. The largest absolute Gasteiger partial charge is 0.416 e. The van der Waals surface area contributed by atoms with E-state index >= 15 is 0 Å². The summed E-state index contributed by atoms with van der Waals surface area (Å²) in [6, 6.07) is 10.3. The molecule has 9 heteroatoms. The van der Waals surface area contributed by atoms with E-state index in [1.807, 2.05) is 0 Å². The van der Waals surface area contributed by atoms with Crippen molar-refractivity contribution >= 4 is 17.6 Å². The summed E-state index contributed by atoms with van der Waals surface area (Å²) in [5, 5.41) is 0. The van der Waals surface area contributed by atoms with Crippen LogP contribution in [-0.4, -0.2) is 39.0 Å². The van der Waals surface area contributed by atoms with E-state index in [1.54, 1.807) is 24.3 Å². The van der Waals surface area contributed by atoms with Crippen molar-refractivity contribution in [3.8, 4) is 0 Å². The van der Waals surface area contributed by atoms with Crippen LogP contribution in [0.1, 0.15) is 47.9 Å². The van der Waals surface area contributed by atoms with Gasteiger partial charge in [-0.3, -0.25) is 19.3 Å². The molecule has 156 valence electrons. The highest BCUT2D eigenvalue weighted by molar-refractivity contribution is 6.21. The van der Waals surface area contributed by atoms with Crippen molar-refractivity contribution in [1.82, 2.24) is 14.9 Å². The van der Waals surface area contributed by atoms with Gasteiger partial charge in [0.1, 0.15) is 12.0 Å². The molecule has 2 heterocycles. The lowest BCUT2D eigenvalue weighted by atomic mass is 10.0. The van der Waals surface area contributed by atoms with Gasteiger partial charge in [-0.2, -0.15) is 13.2 Å². The highest BCUT2D eigenvalue weighted by Crippen LogP contribution is 2.29. The number of amides is 2. The molecule has 0 saturated carbocycles. The van der Waals surface area contributed by atoms with Crippen LogP contribution in [0.3, 0.4) is 0 Å². The molecule has 0 radical (unpaired) electrons. The number of carbonyl (C=O) groups excluding carboxylic acids is 3. The average Bonchev–Trinajstić information content (AvgIpc) is 3.01. The Morgan fingerprint density at radius 1 is 0.935 bits per heavy atom. The van der Waals surface area contributed by atoms with Crippen molar-refractivity contribution in [3.63, 3.8) is 0 Å². The molecule has 6 nitrogen and oxygen atoms in total.